The molecular formula is C14H19ClN4. The van der Waals surface area contributed by atoms with E-state index in [9.17, 15) is 0 Å². The quantitative estimate of drug-likeness (QED) is 0.883. The molecule has 1 N–H and O–H groups in total. The van der Waals surface area contributed by atoms with Gasteiger partial charge in [-0.3, -0.25) is 9.67 Å². The molecule has 0 spiro atoms. The summed E-state index contributed by atoms with van der Waals surface area (Å²) in [5.41, 5.74) is 2.27. The summed E-state index contributed by atoms with van der Waals surface area (Å²) in [6.45, 7) is 3.02. The molecule has 1 unspecified atom stereocenters. The molecule has 0 saturated heterocycles. The zero-order valence-corrected chi connectivity index (χ0v) is 12.1. The van der Waals surface area contributed by atoms with Crippen LogP contribution in [0, 0.1) is 0 Å². The van der Waals surface area contributed by atoms with E-state index in [0.29, 0.717) is 5.02 Å². The van der Waals surface area contributed by atoms with E-state index in [4.69, 9.17) is 11.6 Å². The average molecular weight is 279 g/mol. The van der Waals surface area contributed by atoms with Crippen molar-refractivity contribution in [3.8, 4) is 0 Å². The molecule has 0 aliphatic rings. The number of hydrogen-bond acceptors (Lipinski definition) is 3. The fraction of sp³-hybridized carbons (Fsp3) is 0.429. The van der Waals surface area contributed by atoms with Gasteiger partial charge < -0.3 is 5.32 Å². The molecule has 0 aliphatic heterocycles. The highest BCUT2D eigenvalue weighted by Gasteiger charge is 2.12. The van der Waals surface area contributed by atoms with Crippen LogP contribution in [0.25, 0.3) is 0 Å². The number of halogens is 1. The lowest BCUT2D eigenvalue weighted by molar-refractivity contribution is 0.495. The van der Waals surface area contributed by atoms with E-state index in [-0.39, 0.29) is 6.04 Å². The van der Waals surface area contributed by atoms with Crippen LogP contribution < -0.4 is 5.32 Å². The van der Waals surface area contributed by atoms with Crippen molar-refractivity contribution in [2.24, 2.45) is 7.05 Å². The van der Waals surface area contributed by atoms with Gasteiger partial charge in [-0.1, -0.05) is 18.5 Å². The second-order valence-corrected chi connectivity index (χ2v) is 4.93. The van der Waals surface area contributed by atoms with Crippen LogP contribution in [0.3, 0.4) is 0 Å². The molecule has 0 radical (unpaired) electrons. The highest BCUT2D eigenvalue weighted by molar-refractivity contribution is 6.30. The lowest BCUT2D eigenvalue weighted by Gasteiger charge is -2.17. The third-order valence-electron chi connectivity index (χ3n) is 3.17. The third-order valence-corrected chi connectivity index (χ3v) is 3.39. The molecule has 0 aliphatic carbocycles. The number of aromatic nitrogens is 3. The normalized spacial score (nSPS) is 12.6. The first-order valence-corrected chi connectivity index (χ1v) is 6.90. The van der Waals surface area contributed by atoms with Crippen LogP contribution >= 0.6 is 11.6 Å². The number of aryl methyl sites for hydroxylation is 2. The predicted octanol–water partition coefficient (Wildman–Crippen LogP) is 2.75. The smallest absolute Gasteiger partial charge is 0.0589 e. The van der Waals surface area contributed by atoms with E-state index < -0.39 is 0 Å². The Hall–Kier alpha value is -1.39. The molecule has 2 rings (SSSR count). The van der Waals surface area contributed by atoms with E-state index in [0.717, 1.165) is 25.1 Å². The number of hydrogen-bond donors (Lipinski definition) is 1. The molecule has 0 saturated carbocycles. The van der Waals surface area contributed by atoms with Crippen molar-refractivity contribution in [2.45, 2.75) is 25.8 Å². The second kappa shape index (κ2) is 6.68. The Balaban J connectivity index is 2.04. The zero-order chi connectivity index (χ0) is 13.7. The molecule has 2 heterocycles. The number of nitrogens with zero attached hydrogens (tertiary/aromatic N) is 3. The summed E-state index contributed by atoms with van der Waals surface area (Å²) in [5.74, 6) is 0. The Bertz CT molecular complexity index is 506. The average Bonchev–Trinajstić information content (AvgIpc) is 2.81. The number of rotatable bonds is 6. The van der Waals surface area contributed by atoms with Crippen LogP contribution in [-0.4, -0.2) is 21.3 Å². The second-order valence-electron chi connectivity index (χ2n) is 4.50. The van der Waals surface area contributed by atoms with Crippen LogP contribution in [0.15, 0.2) is 30.6 Å². The van der Waals surface area contributed by atoms with Gasteiger partial charge in [0.05, 0.1) is 10.7 Å². The van der Waals surface area contributed by atoms with Crippen LogP contribution in [0.2, 0.25) is 5.02 Å². The van der Waals surface area contributed by atoms with Crippen LogP contribution in [0.5, 0.6) is 0 Å². The number of pyridine rings is 1. The Labute approximate surface area is 118 Å². The van der Waals surface area contributed by atoms with Crippen molar-refractivity contribution in [3.63, 3.8) is 0 Å². The molecule has 19 heavy (non-hydrogen) atoms. The summed E-state index contributed by atoms with van der Waals surface area (Å²) in [6.07, 6.45) is 5.49. The summed E-state index contributed by atoms with van der Waals surface area (Å²) >= 11 is 5.88. The molecule has 0 fully saturated rings. The van der Waals surface area contributed by atoms with Crippen molar-refractivity contribution < 1.29 is 0 Å². The molecule has 5 heteroatoms. The monoisotopic (exact) mass is 278 g/mol. The first-order chi connectivity index (χ1) is 9.20. The molecule has 1 atom stereocenters. The Kier molecular flexibility index (Phi) is 4.93. The van der Waals surface area contributed by atoms with E-state index >= 15 is 0 Å². The van der Waals surface area contributed by atoms with Gasteiger partial charge in [0.25, 0.3) is 0 Å². The molecule has 102 valence electrons. The van der Waals surface area contributed by atoms with E-state index in [1.807, 2.05) is 30.1 Å². The third kappa shape index (κ3) is 3.78. The minimum atomic E-state index is 0.247. The van der Waals surface area contributed by atoms with Gasteiger partial charge in [0.2, 0.25) is 0 Å². The summed E-state index contributed by atoms with van der Waals surface area (Å²) < 4.78 is 1.91. The molecule has 4 nitrogen and oxygen atoms in total. The molecule has 0 bridgehead atoms. The van der Waals surface area contributed by atoms with Gasteiger partial charge in [-0.15, -0.1) is 0 Å². The summed E-state index contributed by atoms with van der Waals surface area (Å²) in [6, 6.07) is 6.17. The van der Waals surface area contributed by atoms with Gasteiger partial charge in [0.1, 0.15) is 0 Å². The standard InChI is InChI=1S/C14H19ClN4/c1-3-16-13(14-6-4-11(15)10-17-14)7-5-12-8-9-18-19(12)2/h4,6,8-10,13,16H,3,5,7H2,1-2H3. The molecule has 0 amide bonds. The van der Waals surface area contributed by atoms with E-state index in [2.05, 4.69) is 28.4 Å². The lowest BCUT2D eigenvalue weighted by Crippen LogP contribution is -2.22. The van der Waals surface area contributed by atoms with Gasteiger partial charge in [0, 0.05) is 31.2 Å². The highest BCUT2D eigenvalue weighted by atomic mass is 35.5. The Morgan fingerprint density at radius 1 is 1.37 bits per heavy atom. The van der Waals surface area contributed by atoms with Crippen molar-refractivity contribution in [2.75, 3.05) is 6.54 Å². The van der Waals surface area contributed by atoms with Crippen molar-refractivity contribution in [3.05, 3.63) is 47.0 Å². The van der Waals surface area contributed by atoms with E-state index in [1.54, 1.807) is 6.20 Å². The SMILES string of the molecule is CCNC(CCc1ccnn1C)c1ccc(Cl)cn1. The topological polar surface area (TPSA) is 42.7 Å². The predicted molar refractivity (Wildman–Crippen MR) is 77.2 cm³/mol. The first-order valence-electron chi connectivity index (χ1n) is 6.52. The van der Waals surface area contributed by atoms with Crippen LogP contribution in [0.1, 0.15) is 30.8 Å². The van der Waals surface area contributed by atoms with Crippen LogP contribution in [-0.2, 0) is 13.5 Å². The first kappa shape index (κ1) is 14.0. The highest BCUT2D eigenvalue weighted by Crippen LogP contribution is 2.18. The van der Waals surface area contributed by atoms with Crippen LogP contribution in [0.4, 0.5) is 0 Å². The molecular weight excluding hydrogens is 260 g/mol. The molecule has 2 aromatic heterocycles. The fourth-order valence-corrected chi connectivity index (χ4v) is 2.24. The maximum absolute atomic E-state index is 5.88. The summed E-state index contributed by atoms with van der Waals surface area (Å²) in [5, 5.41) is 8.32. The van der Waals surface area contributed by atoms with Crippen molar-refractivity contribution in [1.29, 1.82) is 0 Å². The van der Waals surface area contributed by atoms with Crippen molar-refractivity contribution in [1.82, 2.24) is 20.1 Å². The Morgan fingerprint density at radius 3 is 2.79 bits per heavy atom. The molecule has 2 aromatic rings. The van der Waals surface area contributed by atoms with Gasteiger partial charge >= 0.3 is 0 Å². The van der Waals surface area contributed by atoms with Gasteiger partial charge in [-0.25, -0.2) is 0 Å². The Morgan fingerprint density at radius 2 is 2.21 bits per heavy atom. The maximum atomic E-state index is 5.88. The summed E-state index contributed by atoms with van der Waals surface area (Å²) in [4.78, 5) is 4.40. The molecule has 0 aromatic carbocycles. The summed E-state index contributed by atoms with van der Waals surface area (Å²) in [7, 11) is 1.97. The van der Waals surface area contributed by atoms with E-state index in [1.165, 1.54) is 5.69 Å². The minimum absolute atomic E-state index is 0.247. The largest absolute Gasteiger partial charge is 0.309 e. The van der Waals surface area contributed by atoms with Gasteiger partial charge in [-0.2, -0.15) is 5.10 Å². The van der Waals surface area contributed by atoms with Gasteiger partial charge in [0.15, 0.2) is 0 Å². The van der Waals surface area contributed by atoms with Crippen molar-refractivity contribution >= 4 is 11.6 Å². The van der Waals surface area contributed by atoms with Gasteiger partial charge in [-0.05, 0) is 37.6 Å². The fourth-order valence-electron chi connectivity index (χ4n) is 2.13. The zero-order valence-electron chi connectivity index (χ0n) is 11.3. The maximum Gasteiger partial charge on any atom is 0.0589 e. The minimum Gasteiger partial charge on any atom is -0.309 e. The number of nitrogens with one attached hydrogen (secondary N) is 1. The lowest BCUT2D eigenvalue weighted by atomic mass is 10.1.